The number of methoxy groups -OCH3 is 1. The van der Waals surface area contributed by atoms with E-state index >= 15 is 0 Å². The number of carbonyl (C=O) groups excluding carboxylic acids is 1. The number of halogens is 1. The van der Waals surface area contributed by atoms with E-state index in [-0.39, 0.29) is 13.2 Å². The summed E-state index contributed by atoms with van der Waals surface area (Å²) >= 11 is 5.95. The summed E-state index contributed by atoms with van der Waals surface area (Å²) in [6, 6.07) is 12.3. The van der Waals surface area contributed by atoms with Gasteiger partial charge < -0.3 is 18.9 Å². The van der Waals surface area contributed by atoms with Gasteiger partial charge in [0.25, 0.3) is 0 Å². The second-order valence-electron chi connectivity index (χ2n) is 4.93. The summed E-state index contributed by atoms with van der Waals surface area (Å²) in [5.41, 5.74) is 0.686. The van der Waals surface area contributed by atoms with Gasteiger partial charge in [-0.25, -0.2) is 4.79 Å². The Morgan fingerprint density at radius 1 is 1.26 bits per heavy atom. The molecule has 3 rings (SSSR count). The van der Waals surface area contributed by atoms with Gasteiger partial charge in [-0.3, -0.25) is 0 Å². The molecule has 5 nitrogen and oxygen atoms in total. The summed E-state index contributed by atoms with van der Waals surface area (Å²) in [5.74, 6) is 1.25. The van der Waals surface area contributed by atoms with Gasteiger partial charge in [0.15, 0.2) is 11.5 Å². The maximum absolute atomic E-state index is 12.2. The summed E-state index contributed by atoms with van der Waals surface area (Å²) in [7, 11) is 1.55. The Morgan fingerprint density at radius 3 is 2.83 bits per heavy atom. The first kappa shape index (κ1) is 15.5. The van der Waals surface area contributed by atoms with E-state index in [0.717, 1.165) is 0 Å². The Bertz CT molecular complexity index is 716. The van der Waals surface area contributed by atoms with Crippen LogP contribution in [0.25, 0.3) is 0 Å². The highest BCUT2D eigenvalue weighted by molar-refractivity contribution is 6.30. The van der Waals surface area contributed by atoms with E-state index in [1.54, 1.807) is 37.4 Å². The van der Waals surface area contributed by atoms with Crippen LogP contribution in [0.3, 0.4) is 0 Å². The summed E-state index contributed by atoms with van der Waals surface area (Å²) in [6.07, 6.45) is -0.796. The summed E-state index contributed by atoms with van der Waals surface area (Å²) < 4.78 is 21.6. The van der Waals surface area contributed by atoms with Crippen LogP contribution in [-0.2, 0) is 16.1 Å². The molecule has 0 aliphatic carbocycles. The van der Waals surface area contributed by atoms with E-state index in [1.165, 1.54) is 0 Å². The minimum atomic E-state index is -0.796. The second-order valence-corrected chi connectivity index (χ2v) is 5.36. The van der Waals surface area contributed by atoms with Crippen molar-refractivity contribution in [1.82, 2.24) is 0 Å². The summed E-state index contributed by atoms with van der Waals surface area (Å²) in [4.78, 5) is 12.2. The Kier molecular flexibility index (Phi) is 4.57. The van der Waals surface area contributed by atoms with Crippen molar-refractivity contribution in [3.05, 3.63) is 53.1 Å². The van der Waals surface area contributed by atoms with E-state index in [1.807, 2.05) is 12.1 Å². The molecule has 2 aromatic rings. The zero-order valence-corrected chi connectivity index (χ0v) is 13.2. The fourth-order valence-electron chi connectivity index (χ4n) is 2.24. The largest absolute Gasteiger partial charge is 0.496 e. The molecule has 0 unspecified atom stereocenters. The molecule has 6 heteroatoms. The first-order valence-electron chi connectivity index (χ1n) is 7.05. The standard InChI is InChI=1S/C17H15ClO5/c1-20-13-7-6-12(18)8-11(13)9-22-17(19)16-10-21-14-4-2-3-5-15(14)23-16/h2-8,16H,9-10H2,1H3/t16-/m1/s1. The lowest BCUT2D eigenvalue weighted by Gasteiger charge is -2.25. The average molecular weight is 335 g/mol. The van der Waals surface area contributed by atoms with Crippen molar-refractivity contribution in [2.75, 3.05) is 13.7 Å². The quantitative estimate of drug-likeness (QED) is 0.803. The molecule has 0 radical (unpaired) electrons. The zero-order chi connectivity index (χ0) is 16.2. The molecule has 0 spiro atoms. The predicted molar refractivity (Wildman–Crippen MR) is 84.2 cm³/mol. The number of esters is 1. The molecule has 0 N–H and O–H groups in total. The lowest BCUT2D eigenvalue weighted by Crippen LogP contribution is -2.37. The van der Waals surface area contributed by atoms with E-state index in [9.17, 15) is 4.79 Å². The second kappa shape index (κ2) is 6.79. The van der Waals surface area contributed by atoms with Gasteiger partial charge in [-0.2, -0.15) is 0 Å². The maximum atomic E-state index is 12.2. The highest BCUT2D eigenvalue weighted by atomic mass is 35.5. The van der Waals surface area contributed by atoms with Gasteiger partial charge in [-0.15, -0.1) is 0 Å². The Labute approximate surface area is 138 Å². The highest BCUT2D eigenvalue weighted by Gasteiger charge is 2.28. The van der Waals surface area contributed by atoms with Crippen LogP contribution in [0.1, 0.15) is 5.56 Å². The van der Waals surface area contributed by atoms with Gasteiger partial charge >= 0.3 is 5.97 Å². The first-order chi connectivity index (χ1) is 11.2. The maximum Gasteiger partial charge on any atom is 0.351 e. The molecule has 23 heavy (non-hydrogen) atoms. The van der Waals surface area contributed by atoms with Crippen molar-refractivity contribution in [3.8, 4) is 17.2 Å². The van der Waals surface area contributed by atoms with Crippen LogP contribution >= 0.6 is 11.6 Å². The summed E-state index contributed by atoms with van der Waals surface area (Å²) in [5, 5.41) is 0.544. The molecule has 0 saturated heterocycles. The molecule has 1 heterocycles. The van der Waals surface area contributed by atoms with E-state index in [4.69, 9.17) is 30.5 Å². The third-order valence-electron chi connectivity index (χ3n) is 3.38. The zero-order valence-electron chi connectivity index (χ0n) is 12.5. The fourth-order valence-corrected chi connectivity index (χ4v) is 2.43. The molecule has 1 aliphatic rings. The number of hydrogen-bond donors (Lipinski definition) is 0. The van der Waals surface area contributed by atoms with Crippen molar-refractivity contribution in [2.45, 2.75) is 12.7 Å². The first-order valence-corrected chi connectivity index (χ1v) is 7.42. The topological polar surface area (TPSA) is 54.0 Å². The number of carbonyl (C=O) groups is 1. The molecule has 1 aliphatic heterocycles. The molecule has 0 bridgehead atoms. The van der Waals surface area contributed by atoms with Gasteiger partial charge in [0.1, 0.15) is 19.0 Å². The molecule has 0 aromatic heterocycles. The predicted octanol–water partition coefficient (Wildman–Crippen LogP) is 3.23. The molecule has 0 amide bonds. The van der Waals surface area contributed by atoms with Gasteiger partial charge in [-0.05, 0) is 30.3 Å². The lowest BCUT2D eigenvalue weighted by atomic mass is 10.2. The van der Waals surface area contributed by atoms with Crippen LogP contribution in [0.2, 0.25) is 5.02 Å². The van der Waals surface area contributed by atoms with Crippen molar-refractivity contribution in [1.29, 1.82) is 0 Å². The Hall–Kier alpha value is -2.40. The van der Waals surface area contributed by atoms with Crippen LogP contribution in [-0.4, -0.2) is 25.8 Å². The van der Waals surface area contributed by atoms with Gasteiger partial charge in [-0.1, -0.05) is 23.7 Å². The van der Waals surface area contributed by atoms with Gasteiger partial charge in [0.05, 0.1) is 7.11 Å². The normalized spacial score (nSPS) is 15.8. The molecule has 1 atom stereocenters. The van der Waals surface area contributed by atoms with Crippen molar-refractivity contribution < 1.29 is 23.7 Å². The van der Waals surface area contributed by atoms with E-state index < -0.39 is 12.1 Å². The molecule has 2 aromatic carbocycles. The third kappa shape index (κ3) is 3.51. The van der Waals surface area contributed by atoms with Gasteiger partial charge in [0, 0.05) is 10.6 Å². The van der Waals surface area contributed by atoms with Crippen LogP contribution in [0.5, 0.6) is 17.2 Å². The Morgan fingerprint density at radius 2 is 2.04 bits per heavy atom. The SMILES string of the molecule is COc1ccc(Cl)cc1COC(=O)[C@H]1COc2ccccc2O1. The number of hydrogen-bond acceptors (Lipinski definition) is 5. The average Bonchev–Trinajstić information content (AvgIpc) is 2.59. The van der Waals surface area contributed by atoms with Crippen molar-refractivity contribution in [2.24, 2.45) is 0 Å². The van der Waals surface area contributed by atoms with Crippen LogP contribution in [0.15, 0.2) is 42.5 Å². The van der Waals surface area contributed by atoms with Crippen LogP contribution in [0, 0.1) is 0 Å². The lowest BCUT2D eigenvalue weighted by molar-refractivity contribution is -0.155. The van der Waals surface area contributed by atoms with Crippen LogP contribution in [0.4, 0.5) is 0 Å². The number of fused-ring (bicyclic) bond motifs is 1. The number of para-hydroxylation sites is 2. The molecular weight excluding hydrogens is 320 g/mol. The molecular formula is C17H15ClO5. The number of rotatable bonds is 4. The molecule has 0 saturated carbocycles. The summed E-state index contributed by atoms with van der Waals surface area (Å²) in [6.45, 7) is 0.159. The molecule has 0 fully saturated rings. The monoisotopic (exact) mass is 334 g/mol. The third-order valence-corrected chi connectivity index (χ3v) is 3.62. The minimum absolute atomic E-state index is 0.0457. The minimum Gasteiger partial charge on any atom is -0.496 e. The van der Waals surface area contributed by atoms with Gasteiger partial charge in [0.2, 0.25) is 6.10 Å². The molecule has 120 valence electrons. The fraction of sp³-hybridized carbons (Fsp3) is 0.235. The smallest absolute Gasteiger partial charge is 0.351 e. The Balaban J connectivity index is 1.64. The number of benzene rings is 2. The van der Waals surface area contributed by atoms with Crippen molar-refractivity contribution in [3.63, 3.8) is 0 Å². The number of ether oxygens (including phenoxy) is 4. The van der Waals surface area contributed by atoms with Crippen LogP contribution < -0.4 is 14.2 Å². The highest BCUT2D eigenvalue weighted by Crippen LogP contribution is 2.31. The van der Waals surface area contributed by atoms with Crippen molar-refractivity contribution >= 4 is 17.6 Å². The van der Waals surface area contributed by atoms with E-state index in [2.05, 4.69) is 0 Å². The van der Waals surface area contributed by atoms with E-state index in [0.29, 0.717) is 27.8 Å².